The van der Waals surface area contributed by atoms with Gasteiger partial charge in [0.2, 0.25) is 11.4 Å². The molecule has 174 valence electrons. The zero-order chi connectivity index (χ0) is 24.5. The summed E-state index contributed by atoms with van der Waals surface area (Å²) < 4.78 is 46.3. The lowest BCUT2D eigenvalue weighted by Gasteiger charge is -2.13. The van der Waals surface area contributed by atoms with E-state index in [1.54, 1.807) is 7.05 Å². The van der Waals surface area contributed by atoms with Crippen molar-refractivity contribution in [1.29, 1.82) is 0 Å². The van der Waals surface area contributed by atoms with E-state index < -0.39 is 17.5 Å². The summed E-state index contributed by atoms with van der Waals surface area (Å²) in [5, 5.41) is 0. The molecule has 0 amide bonds. The summed E-state index contributed by atoms with van der Waals surface area (Å²) in [7, 11) is 1.54. The highest BCUT2D eigenvalue weighted by Crippen LogP contribution is 2.32. The van der Waals surface area contributed by atoms with Crippen LogP contribution in [0.2, 0.25) is 0 Å². The van der Waals surface area contributed by atoms with E-state index in [-0.39, 0.29) is 52.9 Å². The van der Waals surface area contributed by atoms with Crippen LogP contribution >= 0.6 is 0 Å². The number of rotatable bonds is 6. The fourth-order valence-corrected chi connectivity index (χ4v) is 3.32. The molecule has 2 N–H and O–H groups in total. The maximum atomic E-state index is 13.2. The summed E-state index contributed by atoms with van der Waals surface area (Å²) in [6, 6.07) is 4.89. The summed E-state index contributed by atoms with van der Waals surface area (Å²) in [6.45, 7) is 0. The second-order valence-corrected chi connectivity index (χ2v) is 7.28. The van der Waals surface area contributed by atoms with Crippen LogP contribution in [0.25, 0.3) is 22.8 Å². The van der Waals surface area contributed by atoms with Gasteiger partial charge in [-0.15, -0.1) is 0 Å². The lowest BCUT2D eigenvalue weighted by Crippen LogP contribution is -2.16. The molecule has 12 heteroatoms. The van der Waals surface area contributed by atoms with Crippen molar-refractivity contribution >= 4 is 11.6 Å². The summed E-state index contributed by atoms with van der Waals surface area (Å²) in [5.41, 5.74) is 5.07. The average molecular weight is 470 g/mol. The van der Waals surface area contributed by atoms with Crippen LogP contribution in [0.15, 0.2) is 58.3 Å². The lowest BCUT2D eigenvalue weighted by atomic mass is 10.0. The fourth-order valence-electron chi connectivity index (χ4n) is 3.32. The highest BCUT2D eigenvalue weighted by atomic mass is 19.4. The monoisotopic (exact) mass is 470 g/mol. The predicted octanol–water partition coefficient (Wildman–Crippen LogP) is 3.31. The molecule has 4 heterocycles. The van der Waals surface area contributed by atoms with Gasteiger partial charge in [-0.25, -0.2) is 15.0 Å². The van der Waals surface area contributed by atoms with E-state index in [1.165, 1.54) is 47.6 Å². The number of anilines is 1. The first-order valence-corrected chi connectivity index (χ1v) is 9.94. The number of carbonyl (C=O) groups is 1. The van der Waals surface area contributed by atoms with Crippen molar-refractivity contribution < 1.29 is 22.4 Å². The summed E-state index contributed by atoms with van der Waals surface area (Å²) in [6.07, 6.45) is 0.235. The largest absolute Gasteiger partial charge is 0.443 e. The molecule has 34 heavy (non-hydrogen) atoms. The van der Waals surface area contributed by atoms with Crippen molar-refractivity contribution in [2.45, 2.75) is 19.0 Å². The molecule has 9 nitrogen and oxygen atoms in total. The number of halogens is 3. The van der Waals surface area contributed by atoms with Gasteiger partial charge in [-0.1, -0.05) is 0 Å². The van der Waals surface area contributed by atoms with Gasteiger partial charge in [0.25, 0.3) is 0 Å². The topological polar surface area (TPSA) is 130 Å². The van der Waals surface area contributed by atoms with Crippen molar-refractivity contribution in [3.63, 3.8) is 0 Å². The molecule has 0 aliphatic carbocycles. The van der Waals surface area contributed by atoms with Gasteiger partial charge in [0.05, 0.1) is 17.5 Å². The molecular weight excluding hydrogens is 453 g/mol. The molecule has 0 aromatic carbocycles. The first-order chi connectivity index (χ1) is 16.1. The molecule has 0 saturated carbocycles. The average Bonchev–Trinajstić information content (AvgIpc) is 3.33. The third-order valence-corrected chi connectivity index (χ3v) is 4.97. The number of nitrogen functional groups attached to an aromatic ring is 1. The third kappa shape index (κ3) is 4.56. The number of alkyl halides is 3. The number of nitrogens with zero attached hydrogens (tertiary/aromatic N) is 5. The standard InChI is InChI=1S/C22H17F3N6O3/c1-31-11-12(4-7-16(31)33)17-19(21-28-9-10-34-21)30-20(26)18(29-17)15(32)6-5-14-13(22(23,24)25)3-2-8-27-14/h2-4,7-11H,5-6H2,1H3,(H2,26,30). The second kappa shape index (κ2) is 8.89. The Kier molecular flexibility index (Phi) is 5.97. The number of Topliss-reactive ketones (excluding diaryl/α,β-unsaturated/α-hetero) is 1. The first kappa shape index (κ1) is 22.8. The Balaban J connectivity index is 1.72. The van der Waals surface area contributed by atoms with Gasteiger partial charge in [0, 0.05) is 37.5 Å². The number of carbonyl (C=O) groups excluding carboxylic acids is 1. The van der Waals surface area contributed by atoms with Crippen molar-refractivity contribution in [2.75, 3.05) is 5.73 Å². The molecule has 4 aromatic rings. The maximum absolute atomic E-state index is 13.2. The van der Waals surface area contributed by atoms with Gasteiger partial charge in [-0.05, 0) is 24.6 Å². The smallest absolute Gasteiger partial charge is 0.418 e. The van der Waals surface area contributed by atoms with E-state index in [0.717, 1.165) is 6.07 Å². The van der Waals surface area contributed by atoms with Gasteiger partial charge in [0.15, 0.2) is 17.3 Å². The van der Waals surface area contributed by atoms with Crippen LogP contribution in [0, 0.1) is 0 Å². The number of aromatic nitrogens is 5. The van der Waals surface area contributed by atoms with Gasteiger partial charge in [-0.2, -0.15) is 13.2 Å². The molecule has 0 bridgehead atoms. The minimum absolute atomic E-state index is 0.0883. The summed E-state index contributed by atoms with van der Waals surface area (Å²) in [5.74, 6) is -0.761. The van der Waals surface area contributed by atoms with Crippen LogP contribution in [0.5, 0.6) is 0 Å². The van der Waals surface area contributed by atoms with Crippen LogP contribution in [0.1, 0.15) is 28.2 Å². The van der Waals surface area contributed by atoms with E-state index in [4.69, 9.17) is 10.2 Å². The second-order valence-electron chi connectivity index (χ2n) is 7.28. The zero-order valence-electron chi connectivity index (χ0n) is 17.7. The van der Waals surface area contributed by atoms with Crippen molar-refractivity contribution in [3.8, 4) is 22.8 Å². The van der Waals surface area contributed by atoms with Crippen molar-refractivity contribution in [1.82, 2.24) is 24.5 Å². The highest BCUT2D eigenvalue weighted by molar-refractivity contribution is 5.99. The number of oxazole rings is 1. The predicted molar refractivity (Wildman–Crippen MR) is 115 cm³/mol. The Morgan fingerprint density at radius 2 is 1.91 bits per heavy atom. The van der Waals surface area contributed by atoms with Gasteiger partial charge in [0.1, 0.15) is 17.7 Å². The summed E-state index contributed by atoms with van der Waals surface area (Å²) in [4.78, 5) is 41.1. The highest BCUT2D eigenvalue weighted by Gasteiger charge is 2.34. The molecule has 0 unspecified atom stereocenters. The lowest BCUT2D eigenvalue weighted by molar-refractivity contribution is -0.138. The molecular formula is C22H17F3N6O3. The van der Waals surface area contributed by atoms with E-state index in [0.29, 0.717) is 5.56 Å². The quantitative estimate of drug-likeness (QED) is 0.425. The van der Waals surface area contributed by atoms with Crippen LogP contribution in [0.4, 0.5) is 19.0 Å². The number of hydrogen-bond acceptors (Lipinski definition) is 8. The van der Waals surface area contributed by atoms with Crippen LogP contribution in [-0.4, -0.2) is 30.3 Å². The normalized spacial score (nSPS) is 11.5. The van der Waals surface area contributed by atoms with Gasteiger partial charge < -0.3 is 14.7 Å². The SMILES string of the molecule is Cn1cc(-c2nc(C(=O)CCc3ncccc3C(F)(F)F)c(N)nc2-c2ncco2)ccc1=O. The molecule has 0 atom stereocenters. The van der Waals surface area contributed by atoms with E-state index in [1.807, 2.05) is 0 Å². The van der Waals surface area contributed by atoms with Crippen molar-refractivity contribution in [3.05, 3.63) is 76.4 Å². The van der Waals surface area contributed by atoms with Gasteiger partial charge in [-0.3, -0.25) is 14.6 Å². The van der Waals surface area contributed by atoms with Crippen LogP contribution in [-0.2, 0) is 19.6 Å². The van der Waals surface area contributed by atoms with E-state index in [2.05, 4.69) is 19.9 Å². The number of hydrogen-bond donors (Lipinski definition) is 1. The number of ketones is 1. The van der Waals surface area contributed by atoms with Crippen molar-refractivity contribution in [2.24, 2.45) is 7.05 Å². The molecule has 0 fully saturated rings. The van der Waals surface area contributed by atoms with E-state index in [9.17, 15) is 22.8 Å². The Hall–Kier alpha value is -4.35. The molecule has 4 aromatic heterocycles. The third-order valence-electron chi connectivity index (χ3n) is 4.97. The first-order valence-electron chi connectivity index (χ1n) is 9.94. The zero-order valence-corrected chi connectivity index (χ0v) is 17.7. The summed E-state index contributed by atoms with van der Waals surface area (Å²) >= 11 is 0. The van der Waals surface area contributed by atoms with Crippen LogP contribution in [0.3, 0.4) is 0 Å². The number of nitrogens with two attached hydrogens (primary N) is 1. The molecule has 0 spiro atoms. The van der Waals surface area contributed by atoms with Gasteiger partial charge >= 0.3 is 6.18 Å². The Morgan fingerprint density at radius 1 is 1.12 bits per heavy atom. The molecule has 4 rings (SSSR count). The fraction of sp³-hybridized carbons (Fsp3) is 0.182. The minimum Gasteiger partial charge on any atom is -0.443 e. The molecule has 0 saturated heterocycles. The van der Waals surface area contributed by atoms with E-state index >= 15 is 0 Å². The molecule has 0 aliphatic rings. The maximum Gasteiger partial charge on any atom is 0.418 e. The molecule has 0 aliphatic heterocycles. The number of aryl methyl sites for hydroxylation is 2. The minimum atomic E-state index is -4.60. The Bertz CT molecular complexity index is 1410. The molecule has 0 radical (unpaired) electrons. The Labute approximate surface area is 190 Å². The number of pyridine rings is 2. The van der Waals surface area contributed by atoms with Crippen LogP contribution < -0.4 is 11.3 Å². The Morgan fingerprint density at radius 3 is 2.59 bits per heavy atom.